The van der Waals surface area contributed by atoms with Crippen LogP contribution in [0, 0.1) is 17.5 Å². The van der Waals surface area contributed by atoms with Crippen molar-refractivity contribution < 1.29 is 27.9 Å². The van der Waals surface area contributed by atoms with Crippen molar-refractivity contribution in [3.8, 4) is 0 Å². The summed E-state index contributed by atoms with van der Waals surface area (Å²) in [5.41, 5.74) is -0.117. The van der Waals surface area contributed by atoms with Gasteiger partial charge in [-0.2, -0.15) is 0 Å². The van der Waals surface area contributed by atoms with Gasteiger partial charge in [-0.25, -0.2) is 18.0 Å². The second-order valence-corrected chi connectivity index (χ2v) is 4.79. The Hall–Kier alpha value is -2.83. The summed E-state index contributed by atoms with van der Waals surface area (Å²) in [4.78, 5) is 23.2. The van der Waals surface area contributed by atoms with Crippen LogP contribution in [0.25, 0.3) is 0 Å². The van der Waals surface area contributed by atoms with Crippen LogP contribution in [0.2, 0.25) is 0 Å². The van der Waals surface area contributed by atoms with Crippen molar-refractivity contribution in [2.45, 2.75) is 12.5 Å². The number of halogens is 3. The Labute approximate surface area is 129 Å². The van der Waals surface area contributed by atoms with Gasteiger partial charge in [0.2, 0.25) is 0 Å². The molecule has 7 heteroatoms. The molecule has 2 aromatic carbocycles. The van der Waals surface area contributed by atoms with E-state index in [1.807, 2.05) is 0 Å². The summed E-state index contributed by atoms with van der Waals surface area (Å²) in [6.45, 7) is 0. The van der Waals surface area contributed by atoms with E-state index >= 15 is 0 Å². The van der Waals surface area contributed by atoms with Crippen molar-refractivity contribution >= 4 is 11.9 Å². The molecule has 0 saturated heterocycles. The Morgan fingerprint density at radius 3 is 2.30 bits per heavy atom. The van der Waals surface area contributed by atoms with Crippen molar-refractivity contribution in [3.05, 3.63) is 71.0 Å². The number of aliphatic carboxylic acids is 1. The second kappa shape index (κ2) is 6.95. The molecule has 23 heavy (non-hydrogen) atoms. The van der Waals surface area contributed by atoms with E-state index in [1.54, 1.807) is 0 Å². The van der Waals surface area contributed by atoms with E-state index in [1.165, 1.54) is 24.3 Å². The van der Waals surface area contributed by atoms with Gasteiger partial charge in [0.25, 0.3) is 5.91 Å². The van der Waals surface area contributed by atoms with Gasteiger partial charge in [-0.3, -0.25) is 4.79 Å². The Kier molecular flexibility index (Phi) is 5.00. The molecule has 4 nitrogen and oxygen atoms in total. The van der Waals surface area contributed by atoms with Crippen LogP contribution >= 0.6 is 0 Å². The van der Waals surface area contributed by atoms with Crippen molar-refractivity contribution in [2.75, 3.05) is 0 Å². The predicted octanol–water partition coefficient (Wildman–Crippen LogP) is 2.53. The van der Waals surface area contributed by atoms with Gasteiger partial charge in [0.1, 0.15) is 11.9 Å². The summed E-state index contributed by atoms with van der Waals surface area (Å²) in [6.07, 6.45) is -0.280. The lowest BCUT2D eigenvalue weighted by molar-refractivity contribution is -0.139. The molecule has 0 radical (unpaired) electrons. The molecular formula is C16H12F3NO3. The molecule has 0 aliphatic carbocycles. The number of benzene rings is 2. The first-order valence-corrected chi connectivity index (χ1v) is 6.60. The number of carbonyl (C=O) groups excluding carboxylic acids is 1. The van der Waals surface area contributed by atoms with E-state index in [4.69, 9.17) is 5.11 Å². The summed E-state index contributed by atoms with van der Waals surface area (Å²) >= 11 is 0. The summed E-state index contributed by atoms with van der Waals surface area (Å²) in [6, 6.07) is 6.59. The summed E-state index contributed by atoms with van der Waals surface area (Å²) in [5, 5.41) is 11.3. The van der Waals surface area contributed by atoms with Gasteiger partial charge in [-0.05, 0) is 29.8 Å². The van der Waals surface area contributed by atoms with Crippen molar-refractivity contribution in [3.63, 3.8) is 0 Å². The highest BCUT2D eigenvalue weighted by Crippen LogP contribution is 2.12. The van der Waals surface area contributed by atoms with Crippen LogP contribution in [-0.2, 0) is 11.2 Å². The fourth-order valence-corrected chi connectivity index (χ4v) is 1.96. The van der Waals surface area contributed by atoms with Crippen molar-refractivity contribution in [2.24, 2.45) is 0 Å². The van der Waals surface area contributed by atoms with Gasteiger partial charge in [0.05, 0.1) is 0 Å². The molecule has 2 aromatic rings. The molecule has 120 valence electrons. The molecule has 2 N–H and O–H groups in total. The quantitative estimate of drug-likeness (QED) is 0.888. The van der Waals surface area contributed by atoms with E-state index in [0.29, 0.717) is 6.07 Å². The molecule has 2 rings (SSSR count). The minimum atomic E-state index is -1.41. The van der Waals surface area contributed by atoms with Gasteiger partial charge >= 0.3 is 5.97 Å². The topological polar surface area (TPSA) is 66.4 Å². The number of hydrogen-bond acceptors (Lipinski definition) is 2. The first kappa shape index (κ1) is 16.5. The highest BCUT2D eigenvalue weighted by molar-refractivity contribution is 5.96. The normalized spacial score (nSPS) is 11.8. The lowest BCUT2D eigenvalue weighted by atomic mass is 10.0. The molecule has 0 unspecified atom stereocenters. The third-order valence-corrected chi connectivity index (χ3v) is 3.17. The predicted molar refractivity (Wildman–Crippen MR) is 75.4 cm³/mol. The van der Waals surface area contributed by atoms with Crippen LogP contribution in [0.5, 0.6) is 0 Å². The summed E-state index contributed by atoms with van der Waals surface area (Å²) < 4.78 is 39.5. The van der Waals surface area contributed by atoms with Crippen LogP contribution in [0.1, 0.15) is 15.9 Å². The molecule has 1 amide bonds. The van der Waals surface area contributed by atoms with Crippen LogP contribution < -0.4 is 5.32 Å². The summed E-state index contributed by atoms with van der Waals surface area (Å²) in [5.74, 6) is -5.21. The molecular weight excluding hydrogens is 311 g/mol. The van der Waals surface area contributed by atoms with Crippen LogP contribution in [0.4, 0.5) is 13.2 Å². The van der Waals surface area contributed by atoms with Gasteiger partial charge in [0, 0.05) is 12.0 Å². The molecule has 0 fully saturated rings. The zero-order valence-corrected chi connectivity index (χ0v) is 11.7. The minimum Gasteiger partial charge on any atom is -0.480 e. The monoisotopic (exact) mass is 323 g/mol. The lowest BCUT2D eigenvalue weighted by Gasteiger charge is -2.15. The molecule has 0 aliphatic rings. The molecule has 0 bridgehead atoms. The van der Waals surface area contributed by atoms with E-state index in [0.717, 1.165) is 12.1 Å². The van der Waals surface area contributed by atoms with Crippen LogP contribution in [-0.4, -0.2) is 23.0 Å². The number of nitrogens with one attached hydrogen (secondary N) is 1. The number of carbonyl (C=O) groups is 2. The first-order chi connectivity index (χ1) is 10.9. The molecule has 0 saturated carbocycles. The maximum atomic E-state index is 13.6. The number of hydrogen-bond donors (Lipinski definition) is 2. The summed E-state index contributed by atoms with van der Waals surface area (Å²) in [7, 11) is 0. The average Bonchev–Trinajstić information content (AvgIpc) is 2.51. The van der Waals surface area contributed by atoms with Gasteiger partial charge in [-0.1, -0.05) is 18.2 Å². The Morgan fingerprint density at radius 1 is 1.00 bits per heavy atom. The van der Waals surface area contributed by atoms with E-state index < -0.39 is 35.4 Å². The van der Waals surface area contributed by atoms with E-state index in [-0.39, 0.29) is 17.5 Å². The average molecular weight is 323 g/mol. The van der Waals surface area contributed by atoms with Gasteiger partial charge < -0.3 is 10.4 Å². The van der Waals surface area contributed by atoms with Gasteiger partial charge in [-0.15, -0.1) is 0 Å². The standard InChI is InChI=1S/C16H12F3NO3/c17-11-4-2-1-3-9(11)8-14(16(22)23)20-15(21)10-5-6-12(18)13(19)7-10/h1-7,14H,8H2,(H,20,21)(H,22,23)/t14-/m0/s1. The van der Waals surface area contributed by atoms with E-state index in [2.05, 4.69) is 5.32 Å². The first-order valence-electron chi connectivity index (χ1n) is 6.60. The third-order valence-electron chi connectivity index (χ3n) is 3.17. The number of carboxylic acids is 1. The van der Waals surface area contributed by atoms with Gasteiger partial charge in [0.15, 0.2) is 11.6 Å². The number of amides is 1. The fourth-order valence-electron chi connectivity index (χ4n) is 1.96. The minimum absolute atomic E-state index is 0.116. The highest BCUT2D eigenvalue weighted by atomic mass is 19.2. The van der Waals surface area contributed by atoms with Crippen LogP contribution in [0.15, 0.2) is 42.5 Å². The molecule has 0 spiro atoms. The zero-order chi connectivity index (χ0) is 17.0. The smallest absolute Gasteiger partial charge is 0.326 e. The van der Waals surface area contributed by atoms with Crippen molar-refractivity contribution in [1.82, 2.24) is 5.32 Å². The van der Waals surface area contributed by atoms with Crippen molar-refractivity contribution in [1.29, 1.82) is 0 Å². The fraction of sp³-hybridized carbons (Fsp3) is 0.125. The molecule has 0 heterocycles. The second-order valence-electron chi connectivity index (χ2n) is 4.79. The number of rotatable bonds is 5. The largest absolute Gasteiger partial charge is 0.480 e. The van der Waals surface area contributed by atoms with E-state index in [9.17, 15) is 22.8 Å². The SMILES string of the molecule is O=C(N[C@@H](Cc1ccccc1F)C(=O)O)c1ccc(F)c(F)c1. The Bertz CT molecular complexity index is 749. The zero-order valence-electron chi connectivity index (χ0n) is 11.7. The third kappa shape index (κ3) is 4.09. The van der Waals surface area contributed by atoms with Crippen LogP contribution in [0.3, 0.4) is 0 Å². The maximum Gasteiger partial charge on any atom is 0.326 e. The molecule has 1 atom stereocenters. The number of carboxylic acid groups (broad SMARTS) is 1. The Morgan fingerprint density at radius 2 is 1.70 bits per heavy atom. The molecule has 0 aromatic heterocycles. The molecule has 0 aliphatic heterocycles. The lowest BCUT2D eigenvalue weighted by Crippen LogP contribution is -2.42. The highest BCUT2D eigenvalue weighted by Gasteiger charge is 2.22. The Balaban J connectivity index is 2.16. The maximum absolute atomic E-state index is 13.6.